The Kier molecular flexibility index (Phi) is 5.25. The molecule has 0 heterocycles. The van der Waals surface area contributed by atoms with Crippen LogP contribution in [0.1, 0.15) is 23.1 Å². The van der Waals surface area contributed by atoms with Crippen LogP contribution in [0.25, 0.3) is 6.08 Å². The van der Waals surface area contributed by atoms with Gasteiger partial charge in [0.2, 0.25) is 0 Å². The third kappa shape index (κ3) is 3.47. The normalized spacial score (nSPS) is 11.7. The molecule has 0 aliphatic carbocycles. The van der Waals surface area contributed by atoms with E-state index in [9.17, 15) is 5.11 Å². The van der Waals surface area contributed by atoms with Crippen molar-refractivity contribution in [3.05, 3.63) is 114 Å². The minimum Gasteiger partial charge on any atom is -0.395 e. The van der Waals surface area contributed by atoms with Crippen LogP contribution in [0.2, 0.25) is 0 Å². The molecule has 120 valence electrons. The molecule has 0 saturated heterocycles. The van der Waals surface area contributed by atoms with Crippen LogP contribution in [0, 0.1) is 0 Å². The van der Waals surface area contributed by atoms with Gasteiger partial charge in [0, 0.05) is 5.41 Å². The molecule has 0 aliphatic heterocycles. The second-order valence-corrected chi connectivity index (χ2v) is 5.99. The Morgan fingerprint density at radius 1 is 0.667 bits per heavy atom. The zero-order valence-corrected chi connectivity index (χ0v) is 13.7. The van der Waals surface area contributed by atoms with Gasteiger partial charge in [-0.15, -0.1) is 0 Å². The van der Waals surface area contributed by atoms with E-state index in [-0.39, 0.29) is 6.61 Å². The molecule has 0 fully saturated rings. The second-order valence-electron chi connectivity index (χ2n) is 5.99. The SMILES string of the molecule is OCC(C/C=C\c1ccccc1)(c1ccccc1)c1ccccc1. The van der Waals surface area contributed by atoms with E-state index in [4.69, 9.17) is 0 Å². The van der Waals surface area contributed by atoms with Gasteiger partial charge in [0.15, 0.2) is 0 Å². The highest BCUT2D eigenvalue weighted by atomic mass is 16.3. The van der Waals surface area contributed by atoms with Crippen LogP contribution >= 0.6 is 0 Å². The van der Waals surface area contributed by atoms with Crippen LogP contribution in [0.3, 0.4) is 0 Å². The van der Waals surface area contributed by atoms with E-state index < -0.39 is 5.41 Å². The first kappa shape index (κ1) is 16.2. The van der Waals surface area contributed by atoms with Crippen LogP contribution in [0.15, 0.2) is 97.1 Å². The number of allylic oxidation sites excluding steroid dienone is 1. The zero-order chi connectivity index (χ0) is 16.7. The smallest absolute Gasteiger partial charge is 0.0571 e. The minimum atomic E-state index is -0.423. The molecule has 0 atom stereocenters. The van der Waals surface area contributed by atoms with Gasteiger partial charge in [-0.25, -0.2) is 0 Å². The lowest BCUT2D eigenvalue weighted by atomic mass is 9.72. The molecule has 3 aromatic carbocycles. The molecule has 0 saturated carbocycles. The van der Waals surface area contributed by atoms with Crippen LogP contribution in [0.4, 0.5) is 0 Å². The quantitative estimate of drug-likeness (QED) is 0.673. The van der Waals surface area contributed by atoms with Crippen LogP contribution < -0.4 is 0 Å². The number of rotatable bonds is 6. The highest BCUT2D eigenvalue weighted by molar-refractivity contribution is 5.50. The summed E-state index contributed by atoms with van der Waals surface area (Å²) in [4.78, 5) is 0. The Bertz CT molecular complexity index is 721. The van der Waals surface area contributed by atoms with Crippen molar-refractivity contribution < 1.29 is 5.11 Å². The van der Waals surface area contributed by atoms with Crippen LogP contribution in [0.5, 0.6) is 0 Å². The lowest BCUT2D eigenvalue weighted by Gasteiger charge is -2.32. The number of hydrogen-bond donors (Lipinski definition) is 1. The molecular formula is C23H22O. The highest BCUT2D eigenvalue weighted by Crippen LogP contribution is 2.36. The molecule has 3 rings (SSSR count). The summed E-state index contributed by atoms with van der Waals surface area (Å²) in [5.41, 5.74) is 3.02. The van der Waals surface area contributed by atoms with Gasteiger partial charge in [0.25, 0.3) is 0 Å². The predicted octanol–water partition coefficient (Wildman–Crippen LogP) is 5.07. The molecular weight excluding hydrogens is 292 g/mol. The van der Waals surface area contributed by atoms with Gasteiger partial charge in [-0.2, -0.15) is 0 Å². The van der Waals surface area contributed by atoms with Gasteiger partial charge >= 0.3 is 0 Å². The third-order valence-electron chi connectivity index (χ3n) is 4.50. The average molecular weight is 314 g/mol. The Hall–Kier alpha value is -2.64. The van der Waals surface area contributed by atoms with E-state index in [0.717, 1.165) is 17.5 Å². The number of hydrogen-bond acceptors (Lipinski definition) is 1. The second kappa shape index (κ2) is 7.76. The number of aliphatic hydroxyl groups is 1. The molecule has 0 aromatic heterocycles. The number of benzene rings is 3. The van der Waals surface area contributed by atoms with Crippen molar-refractivity contribution in [2.24, 2.45) is 0 Å². The first-order valence-corrected chi connectivity index (χ1v) is 8.29. The summed E-state index contributed by atoms with van der Waals surface area (Å²) >= 11 is 0. The van der Waals surface area contributed by atoms with Crippen molar-refractivity contribution in [2.75, 3.05) is 6.61 Å². The number of aliphatic hydroxyl groups excluding tert-OH is 1. The van der Waals surface area contributed by atoms with Crippen LogP contribution in [-0.4, -0.2) is 11.7 Å². The molecule has 0 radical (unpaired) electrons. The van der Waals surface area contributed by atoms with Gasteiger partial charge in [-0.3, -0.25) is 0 Å². The Morgan fingerprint density at radius 3 is 1.58 bits per heavy atom. The lowest BCUT2D eigenvalue weighted by molar-refractivity contribution is 0.221. The topological polar surface area (TPSA) is 20.2 Å². The monoisotopic (exact) mass is 314 g/mol. The highest BCUT2D eigenvalue weighted by Gasteiger charge is 2.32. The van der Waals surface area contributed by atoms with Gasteiger partial charge in [-0.1, -0.05) is 103 Å². The molecule has 0 amide bonds. The fraction of sp³-hybridized carbons (Fsp3) is 0.130. The van der Waals surface area contributed by atoms with Crippen molar-refractivity contribution in [3.8, 4) is 0 Å². The lowest BCUT2D eigenvalue weighted by Crippen LogP contribution is -2.31. The van der Waals surface area contributed by atoms with Crippen molar-refractivity contribution in [1.29, 1.82) is 0 Å². The summed E-state index contributed by atoms with van der Waals surface area (Å²) in [6, 6.07) is 30.8. The summed E-state index contributed by atoms with van der Waals surface area (Å²) in [6.45, 7) is 0.0696. The molecule has 0 aliphatic rings. The van der Waals surface area contributed by atoms with E-state index in [2.05, 4.69) is 48.6 Å². The standard InChI is InChI=1S/C23H22O/c24-19-23(21-14-6-2-7-15-21,22-16-8-3-9-17-22)18-10-13-20-11-4-1-5-12-20/h1-17,24H,18-19H2/b13-10-. The average Bonchev–Trinajstić information content (AvgIpc) is 2.68. The summed E-state index contributed by atoms with van der Waals surface area (Å²) in [5, 5.41) is 10.3. The third-order valence-corrected chi connectivity index (χ3v) is 4.50. The van der Waals surface area contributed by atoms with Crippen molar-refractivity contribution in [2.45, 2.75) is 11.8 Å². The maximum Gasteiger partial charge on any atom is 0.0571 e. The molecule has 0 spiro atoms. The molecule has 0 bridgehead atoms. The minimum absolute atomic E-state index is 0.0696. The van der Waals surface area contributed by atoms with E-state index in [0.29, 0.717) is 0 Å². The first-order chi connectivity index (χ1) is 11.8. The summed E-state index contributed by atoms with van der Waals surface area (Å²) in [6.07, 6.45) is 5.02. The Labute approximate surface area is 143 Å². The molecule has 0 unspecified atom stereocenters. The Balaban J connectivity index is 1.97. The van der Waals surface area contributed by atoms with Crippen LogP contribution in [-0.2, 0) is 5.41 Å². The van der Waals surface area contributed by atoms with E-state index >= 15 is 0 Å². The summed E-state index contributed by atoms with van der Waals surface area (Å²) < 4.78 is 0. The van der Waals surface area contributed by atoms with Gasteiger partial charge < -0.3 is 5.11 Å². The van der Waals surface area contributed by atoms with Gasteiger partial charge in [0.1, 0.15) is 0 Å². The maximum atomic E-state index is 10.3. The van der Waals surface area contributed by atoms with Crippen molar-refractivity contribution in [3.63, 3.8) is 0 Å². The fourth-order valence-electron chi connectivity index (χ4n) is 3.12. The molecule has 3 aromatic rings. The predicted molar refractivity (Wildman–Crippen MR) is 101 cm³/mol. The fourth-order valence-corrected chi connectivity index (χ4v) is 3.12. The summed E-state index contributed by atoms with van der Waals surface area (Å²) in [5.74, 6) is 0. The molecule has 1 nitrogen and oxygen atoms in total. The van der Waals surface area contributed by atoms with Gasteiger partial charge in [-0.05, 0) is 23.1 Å². The van der Waals surface area contributed by atoms with Crippen molar-refractivity contribution in [1.82, 2.24) is 0 Å². The van der Waals surface area contributed by atoms with E-state index in [1.54, 1.807) is 0 Å². The Morgan fingerprint density at radius 2 is 1.12 bits per heavy atom. The van der Waals surface area contributed by atoms with E-state index in [1.807, 2.05) is 54.6 Å². The van der Waals surface area contributed by atoms with Gasteiger partial charge in [0.05, 0.1) is 6.61 Å². The van der Waals surface area contributed by atoms with E-state index in [1.165, 1.54) is 5.56 Å². The molecule has 1 heteroatoms. The first-order valence-electron chi connectivity index (χ1n) is 8.29. The largest absolute Gasteiger partial charge is 0.395 e. The zero-order valence-electron chi connectivity index (χ0n) is 13.7. The molecule has 24 heavy (non-hydrogen) atoms. The maximum absolute atomic E-state index is 10.3. The molecule has 1 N–H and O–H groups in total. The summed E-state index contributed by atoms with van der Waals surface area (Å²) in [7, 11) is 0. The van der Waals surface area contributed by atoms with Crippen molar-refractivity contribution >= 4 is 6.08 Å².